The average Bonchev–Trinajstić information content (AvgIpc) is 2.88. The highest BCUT2D eigenvalue weighted by molar-refractivity contribution is 7.84. The minimum Gasteiger partial charge on any atom is -0.378 e. The molecular weight excluding hydrogens is 294 g/mol. The summed E-state index contributed by atoms with van der Waals surface area (Å²) >= 11 is 1.66. The van der Waals surface area contributed by atoms with E-state index in [2.05, 4.69) is 14.6 Å². The molecule has 1 aliphatic heterocycles. The molecule has 0 spiro atoms. The second-order valence-corrected chi connectivity index (χ2v) is 8.90. The molecule has 2 rings (SSSR count). The summed E-state index contributed by atoms with van der Waals surface area (Å²) in [6.45, 7) is 11.2. The summed E-state index contributed by atoms with van der Waals surface area (Å²) in [5.74, 6) is 0. The Bertz CT molecular complexity index is 464. The summed E-state index contributed by atoms with van der Waals surface area (Å²) in [6, 6.07) is 0.0438. The van der Waals surface area contributed by atoms with Crippen LogP contribution in [0.25, 0.3) is 0 Å². The summed E-state index contributed by atoms with van der Waals surface area (Å²) in [5, 5.41) is 1.03. The van der Waals surface area contributed by atoms with E-state index in [0.29, 0.717) is 0 Å². The molecule has 1 N–H and O–H groups in total. The molecule has 0 saturated carbocycles. The van der Waals surface area contributed by atoms with Gasteiger partial charge in [-0.05, 0) is 27.7 Å². The van der Waals surface area contributed by atoms with E-state index in [1.165, 1.54) is 0 Å². The number of nitrogens with zero attached hydrogens (tertiary/aromatic N) is 2. The van der Waals surface area contributed by atoms with Gasteiger partial charge in [0.05, 0.1) is 35.0 Å². The maximum absolute atomic E-state index is 12.1. The van der Waals surface area contributed by atoms with E-state index >= 15 is 0 Å². The van der Waals surface area contributed by atoms with Gasteiger partial charge in [-0.3, -0.25) is 0 Å². The minimum absolute atomic E-state index is 0.0438. The van der Waals surface area contributed by atoms with Gasteiger partial charge in [0.15, 0.2) is 5.13 Å². The van der Waals surface area contributed by atoms with Crippen LogP contribution >= 0.6 is 11.3 Å². The maximum Gasteiger partial charge on any atom is 0.185 e. The van der Waals surface area contributed by atoms with Gasteiger partial charge in [-0.15, -0.1) is 11.3 Å². The second kappa shape index (κ2) is 6.51. The van der Waals surface area contributed by atoms with Gasteiger partial charge in [0, 0.05) is 24.2 Å². The first-order valence-corrected chi connectivity index (χ1v) is 8.81. The van der Waals surface area contributed by atoms with Gasteiger partial charge in [-0.2, -0.15) is 0 Å². The molecule has 1 aliphatic rings. The van der Waals surface area contributed by atoms with Gasteiger partial charge in [0.2, 0.25) is 0 Å². The van der Waals surface area contributed by atoms with Crippen molar-refractivity contribution in [1.82, 2.24) is 9.71 Å². The first-order valence-electron chi connectivity index (χ1n) is 6.84. The van der Waals surface area contributed by atoms with Crippen LogP contribution in [0.3, 0.4) is 0 Å². The van der Waals surface area contributed by atoms with Crippen LogP contribution in [0.15, 0.2) is 6.20 Å². The van der Waals surface area contributed by atoms with Gasteiger partial charge < -0.3 is 9.64 Å². The van der Waals surface area contributed by atoms with Crippen LogP contribution < -0.4 is 9.62 Å². The van der Waals surface area contributed by atoms with Crippen molar-refractivity contribution in [1.29, 1.82) is 0 Å². The fourth-order valence-electron chi connectivity index (χ4n) is 1.77. The zero-order chi connectivity index (χ0) is 14.8. The molecule has 5 nitrogen and oxygen atoms in total. The van der Waals surface area contributed by atoms with E-state index in [9.17, 15) is 4.21 Å². The zero-order valence-corrected chi connectivity index (χ0v) is 14.1. The van der Waals surface area contributed by atoms with E-state index in [0.717, 1.165) is 36.3 Å². The molecule has 1 aromatic rings. The lowest BCUT2D eigenvalue weighted by molar-refractivity contribution is 0.122. The van der Waals surface area contributed by atoms with Crippen LogP contribution in [0.2, 0.25) is 0 Å². The predicted molar refractivity (Wildman–Crippen MR) is 84.6 cm³/mol. The number of aromatic nitrogens is 1. The summed E-state index contributed by atoms with van der Waals surface area (Å²) in [6.07, 6.45) is 1.88. The topological polar surface area (TPSA) is 54.5 Å². The maximum atomic E-state index is 12.1. The summed E-state index contributed by atoms with van der Waals surface area (Å²) in [4.78, 5) is 7.84. The number of hydrogen-bond donors (Lipinski definition) is 1. The zero-order valence-electron chi connectivity index (χ0n) is 12.5. The molecule has 0 unspecified atom stereocenters. The lowest BCUT2D eigenvalue weighted by Gasteiger charge is -2.26. The lowest BCUT2D eigenvalue weighted by atomic mass is 10.3. The van der Waals surface area contributed by atoms with Crippen molar-refractivity contribution >= 4 is 27.5 Å². The molecule has 0 bridgehead atoms. The number of hydrogen-bond acceptors (Lipinski definition) is 5. The molecule has 1 saturated heterocycles. The molecule has 20 heavy (non-hydrogen) atoms. The Morgan fingerprint density at radius 2 is 2.10 bits per heavy atom. The number of thiazole rings is 1. The Kier molecular flexibility index (Phi) is 5.17. The second-order valence-electron chi connectivity index (χ2n) is 5.87. The Morgan fingerprint density at radius 3 is 2.70 bits per heavy atom. The monoisotopic (exact) mass is 317 g/mol. The quantitative estimate of drug-likeness (QED) is 0.924. The fourth-order valence-corrected chi connectivity index (χ4v) is 3.62. The van der Waals surface area contributed by atoms with Gasteiger partial charge in [-0.25, -0.2) is 13.9 Å². The highest BCUT2D eigenvalue weighted by Gasteiger charge is 2.23. The summed E-state index contributed by atoms with van der Waals surface area (Å²) < 4.78 is 20.4. The van der Waals surface area contributed by atoms with E-state index in [4.69, 9.17) is 4.74 Å². The number of anilines is 1. The van der Waals surface area contributed by atoms with Crippen LogP contribution in [-0.2, 0) is 15.7 Å². The van der Waals surface area contributed by atoms with Crippen molar-refractivity contribution in [3.8, 4) is 0 Å². The Hall–Kier alpha value is -0.500. The van der Waals surface area contributed by atoms with E-state index in [-0.39, 0.29) is 10.8 Å². The van der Waals surface area contributed by atoms with Crippen LogP contribution in [0.1, 0.15) is 38.6 Å². The van der Waals surface area contributed by atoms with Gasteiger partial charge in [-0.1, -0.05) is 0 Å². The number of nitrogens with one attached hydrogen (secondary N) is 1. The smallest absolute Gasteiger partial charge is 0.185 e. The van der Waals surface area contributed by atoms with Crippen LogP contribution in [0, 0.1) is 0 Å². The van der Waals surface area contributed by atoms with E-state index in [1.807, 2.05) is 33.9 Å². The van der Waals surface area contributed by atoms with Crippen molar-refractivity contribution in [3.63, 3.8) is 0 Å². The molecule has 7 heteroatoms. The van der Waals surface area contributed by atoms with Crippen molar-refractivity contribution in [2.24, 2.45) is 0 Å². The van der Waals surface area contributed by atoms with Crippen molar-refractivity contribution in [2.45, 2.75) is 38.5 Å². The minimum atomic E-state index is -1.07. The highest BCUT2D eigenvalue weighted by Crippen LogP contribution is 2.28. The van der Waals surface area contributed by atoms with Crippen molar-refractivity contribution < 1.29 is 8.95 Å². The first kappa shape index (κ1) is 15.9. The molecule has 0 radical (unpaired) electrons. The highest BCUT2D eigenvalue weighted by atomic mass is 32.2. The average molecular weight is 317 g/mol. The predicted octanol–water partition coefficient (Wildman–Crippen LogP) is 2.09. The normalized spacial score (nSPS) is 19.9. The SMILES string of the molecule is C[C@H](N[S@@](=O)C(C)(C)C)c1cnc(N2CCOCC2)s1. The Balaban J connectivity index is 1.99. The van der Waals surface area contributed by atoms with Crippen molar-refractivity contribution in [2.75, 3.05) is 31.2 Å². The first-order chi connectivity index (χ1) is 9.38. The molecule has 2 atom stereocenters. The van der Waals surface area contributed by atoms with E-state index < -0.39 is 11.0 Å². The Labute approximate surface area is 127 Å². The van der Waals surface area contributed by atoms with Crippen molar-refractivity contribution in [3.05, 3.63) is 11.1 Å². The third-order valence-corrected chi connectivity index (χ3v) is 5.98. The van der Waals surface area contributed by atoms with Crippen LogP contribution in [-0.4, -0.2) is 40.2 Å². The molecular formula is C13H23N3O2S2. The number of morpholine rings is 1. The summed E-state index contributed by atoms with van der Waals surface area (Å²) in [7, 11) is -1.07. The largest absolute Gasteiger partial charge is 0.378 e. The molecule has 1 aromatic heterocycles. The van der Waals surface area contributed by atoms with Gasteiger partial charge in [0.25, 0.3) is 0 Å². The van der Waals surface area contributed by atoms with Gasteiger partial charge in [0.1, 0.15) is 0 Å². The third-order valence-electron chi connectivity index (χ3n) is 3.06. The van der Waals surface area contributed by atoms with Gasteiger partial charge >= 0.3 is 0 Å². The van der Waals surface area contributed by atoms with Crippen LogP contribution in [0.5, 0.6) is 0 Å². The fraction of sp³-hybridized carbons (Fsp3) is 0.769. The molecule has 2 heterocycles. The summed E-state index contributed by atoms with van der Waals surface area (Å²) in [5.41, 5.74) is 0. The molecule has 1 fully saturated rings. The van der Waals surface area contributed by atoms with Crippen LogP contribution in [0.4, 0.5) is 5.13 Å². The molecule has 0 amide bonds. The molecule has 114 valence electrons. The Morgan fingerprint density at radius 1 is 1.45 bits per heavy atom. The third kappa shape index (κ3) is 4.00. The number of rotatable bonds is 4. The standard InChI is InChI=1S/C13H23N3O2S2/c1-10(15-20(17)13(2,3)4)11-9-14-12(19-11)16-5-7-18-8-6-16/h9-10,15H,5-8H2,1-4H3/t10-,20-/m0/s1. The molecule has 0 aromatic carbocycles. The number of ether oxygens (including phenoxy) is 1. The van der Waals surface area contributed by atoms with E-state index in [1.54, 1.807) is 11.3 Å². The lowest BCUT2D eigenvalue weighted by Crippen LogP contribution is -2.36. The molecule has 0 aliphatic carbocycles.